The number of hydrogen-bond donors (Lipinski definition) is 2. The lowest BCUT2D eigenvalue weighted by atomic mass is 10.1. The van der Waals surface area contributed by atoms with Gasteiger partial charge in [-0.05, 0) is 24.1 Å². The summed E-state index contributed by atoms with van der Waals surface area (Å²) >= 11 is 1.32. The van der Waals surface area contributed by atoms with Gasteiger partial charge in [0.25, 0.3) is 5.91 Å². The number of aliphatic hydroxyl groups excluding tert-OH is 1. The predicted octanol–water partition coefficient (Wildman–Crippen LogP) is 2.69. The van der Waals surface area contributed by atoms with Crippen molar-refractivity contribution in [3.63, 3.8) is 0 Å². The van der Waals surface area contributed by atoms with Crippen molar-refractivity contribution in [2.24, 2.45) is 0 Å². The normalized spacial score (nSPS) is 9.81. The zero-order valence-electron chi connectivity index (χ0n) is 11.7. The number of anilines is 1. The lowest BCUT2D eigenvalue weighted by Gasteiger charge is -2.02. The van der Waals surface area contributed by atoms with Gasteiger partial charge in [-0.25, -0.2) is 4.98 Å². The van der Waals surface area contributed by atoms with E-state index in [-0.39, 0.29) is 12.5 Å². The number of aryl methyl sites for hydroxylation is 1. The molecule has 1 aromatic heterocycles. The number of hydrogen-bond acceptors (Lipinski definition) is 4. The van der Waals surface area contributed by atoms with Crippen LogP contribution in [0.4, 0.5) is 5.13 Å². The molecule has 21 heavy (non-hydrogen) atoms. The third kappa shape index (κ3) is 4.42. The highest BCUT2D eigenvalue weighted by atomic mass is 32.1. The highest BCUT2D eigenvalue weighted by Crippen LogP contribution is 2.18. The summed E-state index contributed by atoms with van der Waals surface area (Å²) in [6.45, 7) is 2.12. The Hall–Kier alpha value is -2.16. The van der Waals surface area contributed by atoms with E-state index in [0.717, 1.165) is 11.3 Å². The monoisotopic (exact) mass is 300 g/mol. The first-order chi connectivity index (χ1) is 10.2. The summed E-state index contributed by atoms with van der Waals surface area (Å²) in [6, 6.07) is 7.51. The molecule has 0 fully saturated rings. The molecule has 1 aromatic carbocycles. The second-order valence-corrected chi connectivity index (χ2v) is 5.34. The Morgan fingerprint density at radius 2 is 2.14 bits per heavy atom. The first-order valence-corrected chi connectivity index (χ1v) is 7.50. The van der Waals surface area contributed by atoms with Crippen LogP contribution in [0.15, 0.2) is 30.5 Å². The molecule has 0 radical (unpaired) electrons. The zero-order chi connectivity index (χ0) is 15.1. The lowest BCUT2D eigenvalue weighted by Crippen LogP contribution is -2.11. The Bertz CT molecular complexity index is 666. The smallest absolute Gasteiger partial charge is 0.257 e. The molecule has 0 spiro atoms. The van der Waals surface area contributed by atoms with Crippen LogP contribution in [0, 0.1) is 11.8 Å². The average molecular weight is 300 g/mol. The van der Waals surface area contributed by atoms with Gasteiger partial charge in [-0.3, -0.25) is 10.1 Å². The first kappa shape index (κ1) is 15.2. The highest BCUT2D eigenvalue weighted by molar-refractivity contribution is 7.16. The first-order valence-electron chi connectivity index (χ1n) is 6.68. The fourth-order valence-electron chi connectivity index (χ4n) is 1.66. The van der Waals surface area contributed by atoms with E-state index in [0.29, 0.717) is 17.1 Å². The number of aliphatic hydroxyl groups is 1. The van der Waals surface area contributed by atoms with Crippen molar-refractivity contribution in [1.29, 1.82) is 0 Å². The van der Waals surface area contributed by atoms with E-state index in [1.807, 2.05) is 24.3 Å². The van der Waals surface area contributed by atoms with Crippen LogP contribution in [-0.2, 0) is 6.42 Å². The van der Waals surface area contributed by atoms with Crippen LogP contribution in [-0.4, -0.2) is 22.6 Å². The number of nitrogens with zero attached hydrogens (tertiary/aromatic N) is 1. The Labute approximate surface area is 127 Å². The number of nitrogens with one attached hydrogen (secondary N) is 1. The summed E-state index contributed by atoms with van der Waals surface area (Å²) < 4.78 is 0. The largest absolute Gasteiger partial charge is 0.395 e. The van der Waals surface area contributed by atoms with Crippen molar-refractivity contribution < 1.29 is 9.90 Å². The maximum atomic E-state index is 12.1. The van der Waals surface area contributed by atoms with Crippen LogP contribution in [0.25, 0.3) is 0 Å². The Morgan fingerprint density at radius 3 is 2.81 bits per heavy atom. The number of thiazole rings is 1. The minimum Gasteiger partial charge on any atom is -0.395 e. The Kier molecular flexibility index (Phi) is 5.50. The van der Waals surface area contributed by atoms with E-state index >= 15 is 0 Å². The molecule has 1 heterocycles. The maximum absolute atomic E-state index is 12.1. The van der Waals surface area contributed by atoms with Gasteiger partial charge in [0.2, 0.25) is 0 Å². The number of aromatic nitrogens is 1. The molecule has 2 aromatic rings. The highest BCUT2D eigenvalue weighted by Gasteiger charge is 2.08. The molecule has 5 heteroatoms. The second kappa shape index (κ2) is 7.58. The van der Waals surface area contributed by atoms with E-state index < -0.39 is 0 Å². The third-order valence-electron chi connectivity index (χ3n) is 2.80. The van der Waals surface area contributed by atoms with E-state index in [2.05, 4.69) is 29.1 Å². The van der Waals surface area contributed by atoms with Crippen molar-refractivity contribution >= 4 is 22.4 Å². The predicted molar refractivity (Wildman–Crippen MR) is 84.5 cm³/mol. The molecule has 108 valence electrons. The average Bonchev–Trinajstić information content (AvgIpc) is 2.95. The molecule has 1 amide bonds. The van der Waals surface area contributed by atoms with Crippen molar-refractivity contribution in [3.05, 3.63) is 46.5 Å². The third-order valence-corrected chi connectivity index (χ3v) is 3.63. The summed E-state index contributed by atoms with van der Waals surface area (Å²) in [5, 5.41) is 11.9. The number of rotatable bonds is 4. The quantitative estimate of drug-likeness (QED) is 0.853. The fourth-order valence-corrected chi connectivity index (χ4v) is 2.34. The van der Waals surface area contributed by atoms with Crippen LogP contribution in [0.5, 0.6) is 0 Å². The lowest BCUT2D eigenvalue weighted by molar-refractivity contribution is 0.102. The van der Waals surface area contributed by atoms with Crippen molar-refractivity contribution in [2.45, 2.75) is 19.8 Å². The van der Waals surface area contributed by atoms with Crippen molar-refractivity contribution in [1.82, 2.24) is 4.98 Å². The molecule has 0 bridgehead atoms. The van der Waals surface area contributed by atoms with Crippen LogP contribution < -0.4 is 5.32 Å². The van der Waals surface area contributed by atoms with Gasteiger partial charge in [0.1, 0.15) is 0 Å². The number of carbonyl (C=O) groups excluding carboxylic acids is 1. The summed E-state index contributed by atoms with van der Waals surface area (Å²) in [4.78, 5) is 16.9. The fraction of sp³-hybridized carbons (Fsp3) is 0.250. The van der Waals surface area contributed by atoms with E-state index in [1.165, 1.54) is 16.9 Å². The van der Waals surface area contributed by atoms with Gasteiger partial charge in [0.05, 0.1) is 17.7 Å². The standard InChI is InChI=1S/C16H16N2O2S/c1-2-12-6-8-13(9-7-12)15(20)18-16-17-11-14(21-16)5-3-4-10-19/h6-9,11,19H,2,4,10H2,1H3,(H,17,18,20). The summed E-state index contributed by atoms with van der Waals surface area (Å²) in [5.41, 5.74) is 1.80. The topological polar surface area (TPSA) is 62.2 Å². The van der Waals surface area contributed by atoms with Gasteiger partial charge >= 0.3 is 0 Å². The second-order valence-electron chi connectivity index (χ2n) is 4.31. The van der Waals surface area contributed by atoms with Crippen LogP contribution in [0.1, 0.15) is 34.1 Å². The van der Waals surface area contributed by atoms with Gasteiger partial charge in [0, 0.05) is 12.0 Å². The SMILES string of the molecule is CCc1ccc(C(=O)Nc2ncc(C#CCCO)s2)cc1. The molecule has 0 aliphatic rings. The van der Waals surface area contributed by atoms with E-state index in [9.17, 15) is 4.79 Å². The molecule has 0 aliphatic carbocycles. The van der Waals surface area contributed by atoms with Crippen LogP contribution >= 0.6 is 11.3 Å². The minimum absolute atomic E-state index is 0.0448. The summed E-state index contributed by atoms with van der Waals surface area (Å²) in [5.74, 6) is 5.53. The summed E-state index contributed by atoms with van der Waals surface area (Å²) in [7, 11) is 0. The van der Waals surface area contributed by atoms with Crippen molar-refractivity contribution in [2.75, 3.05) is 11.9 Å². The molecule has 0 unspecified atom stereocenters. The van der Waals surface area contributed by atoms with Gasteiger partial charge in [-0.15, -0.1) is 0 Å². The Morgan fingerprint density at radius 1 is 1.38 bits per heavy atom. The number of benzene rings is 1. The molecule has 0 aliphatic heterocycles. The number of carbonyl (C=O) groups is 1. The molecule has 0 saturated heterocycles. The Balaban J connectivity index is 2.01. The molecule has 2 N–H and O–H groups in total. The van der Waals surface area contributed by atoms with E-state index in [4.69, 9.17) is 5.11 Å². The summed E-state index contributed by atoms with van der Waals surface area (Å²) in [6.07, 6.45) is 3.00. The maximum Gasteiger partial charge on any atom is 0.257 e. The van der Waals surface area contributed by atoms with Gasteiger partial charge < -0.3 is 5.11 Å². The van der Waals surface area contributed by atoms with Gasteiger partial charge in [0.15, 0.2) is 5.13 Å². The van der Waals surface area contributed by atoms with Gasteiger partial charge in [-0.1, -0.05) is 42.2 Å². The van der Waals surface area contributed by atoms with Crippen LogP contribution in [0.2, 0.25) is 0 Å². The van der Waals surface area contributed by atoms with Gasteiger partial charge in [-0.2, -0.15) is 0 Å². The molecule has 0 atom stereocenters. The molecule has 4 nitrogen and oxygen atoms in total. The van der Waals surface area contributed by atoms with Crippen molar-refractivity contribution in [3.8, 4) is 11.8 Å². The molecule has 0 saturated carbocycles. The minimum atomic E-state index is -0.179. The molecular weight excluding hydrogens is 284 g/mol. The molecule has 2 rings (SSSR count). The van der Waals surface area contributed by atoms with Crippen LogP contribution in [0.3, 0.4) is 0 Å². The molecular formula is C16H16N2O2S. The number of amides is 1. The zero-order valence-corrected chi connectivity index (χ0v) is 12.5. The van der Waals surface area contributed by atoms with E-state index in [1.54, 1.807) is 6.20 Å².